The summed E-state index contributed by atoms with van der Waals surface area (Å²) in [6.45, 7) is 0.828. The van der Waals surface area contributed by atoms with Crippen molar-refractivity contribution in [2.75, 3.05) is 20.1 Å². The minimum absolute atomic E-state index is 0.0107. The molecule has 0 radical (unpaired) electrons. The van der Waals surface area contributed by atoms with Gasteiger partial charge in [-0.1, -0.05) is 25.3 Å². The molecule has 0 spiro atoms. The lowest BCUT2D eigenvalue weighted by Gasteiger charge is -2.32. The van der Waals surface area contributed by atoms with E-state index in [1.165, 1.54) is 16.4 Å². The molecule has 1 saturated carbocycles. The Morgan fingerprint density at radius 1 is 1.11 bits per heavy atom. The maximum atomic E-state index is 13.1. The summed E-state index contributed by atoms with van der Waals surface area (Å²) in [4.78, 5) is 26.1. The summed E-state index contributed by atoms with van der Waals surface area (Å²) >= 11 is 0. The molecule has 2 amide bonds. The number of primary amides is 1. The third-order valence-electron chi connectivity index (χ3n) is 5.96. The third-order valence-corrected chi connectivity index (χ3v) is 7.86. The zero-order valence-corrected chi connectivity index (χ0v) is 17.2. The van der Waals surface area contributed by atoms with E-state index in [-0.39, 0.29) is 29.3 Å². The Balaban J connectivity index is 1.79. The molecule has 2 fully saturated rings. The minimum Gasteiger partial charge on any atom is -0.369 e. The normalized spacial score (nSPS) is 21.6. The molecule has 1 aromatic rings. The summed E-state index contributed by atoms with van der Waals surface area (Å²) in [5.74, 6) is -1.01. The Kier molecular flexibility index (Phi) is 6.40. The number of amides is 2. The molecule has 154 valence electrons. The van der Waals surface area contributed by atoms with Crippen LogP contribution in [0.25, 0.3) is 0 Å². The van der Waals surface area contributed by atoms with E-state index in [0.29, 0.717) is 24.9 Å². The summed E-state index contributed by atoms with van der Waals surface area (Å²) in [7, 11) is -2.03. The number of hydrogen-bond acceptors (Lipinski definition) is 4. The number of sulfonamides is 1. The van der Waals surface area contributed by atoms with Gasteiger partial charge in [0, 0.05) is 31.7 Å². The van der Waals surface area contributed by atoms with Crippen molar-refractivity contribution in [1.29, 1.82) is 0 Å². The number of likely N-dealkylation sites (tertiary alicyclic amines) is 1. The summed E-state index contributed by atoms with van der Waals surface area (Å²) < 4.78 is 27.6. The van der Waals surface area contributed by atoms with E-state index in [1.807, 2.05) is 0 Å². The lowest BCUT2D eigenvalue weighted by atomic mass is 9.96. The first kappa shape index (κ1) is 20.8. The fourth-order valence-electron chi connectivity index (χ4n) is 4.17. The minimum atomic E-state index is -3.66. The maximum absolute atomic E-state index is 13.1. The fourth-order valence-corrected chi connectivity index (χ4v) is 5.64. The van der Waals surface area contributed by atoms with Crippen molar-refractivity contribution in [3.05, 3.63) is 29.8 Å². The van der Waals surface area contributed by atoms with E-state index in [1.54, 1.807) is 24.1 Å². The maximum Gasteiger partial charge on any atom is 0.253 e. The van der Waals surface area contributed by atoms with Gasteiger partial charge in [-0.05, 0) is 43.9 Å². The van der Waals surface area contributed by atoms with Crippen LogP contribution in [0, 0.1) is 5.92 Å². The quantitative estimate of drug-likeness (QED) is 0.806. The van der Waals surface area contributed by atoms with Crippen LogP contribution in [-0.2, 0) is 14.8 Å². The Bertz CT molecular complexity index is 834. The molecule has 1 aliphatic carbocycles. The van der Waals surface area contributed by atoms with E-state index in [0.717, 1.165) is 32.1 Å². The number of rotatable bonds is 5. The van der Waals surface area contributed by atoms with E-state index in [2.05, 4.69) is 0 Å². The van der Waals surface area contributed by atoms with Crippen LogP contribution in [0.4, 0.5) is 0 Å². The number of carbonyl (C=O) groups is 2. The second kappa shape index (κ2) is 8.61. The molecule has 3 rings (SSSR count). The highest BCUT2D eigenvalue weighted by Crippen LogP contribution is 2.27. The number of hydrogen-bond donors (Lipinski definition) is 1. The first-order chi connectivity index (χ1) is 13.3. The predicted octanol–water partition coefficient (Wildman–Crippen LogP) is 1.98. The Hall–Kier alpha value is -1.93. The van der Waals surface area contributed by atoms with Gasteiger partial charge in [-0.15, -0.1) is 0 Å². The van der Waals surface area contributed by atoms with Gasteiger partial charge < -0.3 is 10.6 Å². The van der Waals surface area contributed by atoms with E-state index in [4.69, 9.17) is 5.73 Å². The molecule has 8 heteroatoms. The smallest absolute Gasteiger partial charge is 0.253 e. The van der Waals surface area contributed by atoms with Gasteiger partial charge in [-0.3, -0.25) is 9.59 Å². The van der Waals surface area contributed by atoms with Gasteiger partial charge in [0.2, 0.25) is 15.9 Å². The Morgan fingerprint density at radius 3 is 2.50 bits per heavy atom. The number of nitrogens with two attached hydrogens (primary N) is 1. The third kappa shape index (κ3) is 4.38. The van der Waals surface area contributed by atoms with Gasteiger partial charge in [-0.2, -0.15) is 4.31 Å². The molecule has 7 nitrogen and oxygen atoms in total. The highest BCUT2D eigenvalue weighted by Gasteiger charge is 2.31. The molecule has 0 unspecified atom stereocenters. The number of piperidine rings is 1. The highest BCUT2D eigenvalue weighted by molar-refractivity contribution is 7.89. The number of nitrogens with zero attached hydrogens (tertiary/aromatic N) is 2. The van der Waals surface area contributed by atoms with Crippen LogP contribution in [0.2, 0.25) is 0 Å². The van der Waals surface area contributed by atoms with Gasteiger partial charge in [0.05, 0.1) is 10.8 Å². The molecule has 0 bridgehead atoms. The van der Waals surface area contributed by atoms with Crippen molar-refractivity contribution >= 4 is 21.8 Å². The molecule has 2 aliphatic rings. The van der Waals surface area contributed by atoms with Gasteiger partial charge in [-0.25, -0.2) is 8.42 Å². The average molecular weight is 408 g/mol. The molecular formula is C20H29N3O4S. The van der Waals surface area contributed by atoms with Gasteiger partial charge in [0.15, 0.2) is 0 Å². The van der Waals surface area contributed by atoms with Gasteiger partial charge in [0.25, 0.3) is 5.91 Å². The Labute approximate surface area is 166 Å². The first-order valence-electron chi connectivity index (χ1n) is 9.97. The van der Waals surface area contributed by atoms with Crippen molar-refractivity contribution in [3.8, 4) is 0 Å². The summed E-state index contributed by atoms with van der Waals surface area (Å²) in [5, 5.41) is 0. The first-order valence-corrected chi connectivity index (χ1v) is 11.4. The molecule has 1 atom stereocenters. The number of carbonyl (C=O) groups excluding carboxylic acids is 2. The Morgan fingerprint density at radius 2 is 1.82 bits per heavy atom. The molecule has 1 saturated heterocycles. The summed E-state index contributed by atoms with van der Waals surface area (Å²) in [6.07, 6.45) is 6.36. The van der Waals surface area contributed by atoms with E-state index >= 15 is 0 Å². The molecule has 1 aliphatic heterocycles. The molecule has 2 N–H and O–H groups in total. The van der Waals surface area contributed by atoms with Crippen LogP contribution in [0.15, 0.2) is 29.2 Å². The largest absolute Gasteiger partial charge is 0.369 e. The second-order valence-electron chi connectivity index (χ2n) is 7.83. The monoisotopic (exact) mass is 407 g/mol. The van der Waals surface area contributed by atoms with E-state index in [9.17, 15) is 18.0 Å². The molecular weight excluding hydrogens is 378 g/mol. The molecule has 0 aromatic heterocycles. The lowest BCUT2D eigenvalue weighted by Crippen LogP contribution is -2.44. The highest BCUT2D eigenvalue weighted by atomic mass is 32.2. The fraction of sp³-hybridized carbons (Fsp3) is 0.600. The average Bonchev–Trinajstić information content (AvgIpc) is 2.73. The lowest BCUT2D eigenvalue weighted by molar-refractivity contribution is -0.123. The van der Waals surface area contributed by atoms with Gasteiger partial charge in [0.1, 0.15) is 0 Å². The van der Waals surface area contributed by atoms with Crippen molar-refractivity contribution in [2.45, 2.75) is 55.9 Å². The van der Waals surface area contributed by atoms with Crippen LogP contribution in [0.5, 0.6) is 0 Å². The van der Waals surface area contributed by atoms with Crippen LogP contribution >= 0.6 is 0 Å². The standard InChI is InChI=1S/C20H29N3O4S/c1-22(17-9-3-2-4-10-17)28(26,27)18-11-5-7-15(13-18)20(25)23-12-6-8-16(14-23)19(21)24/h5,7,11,13,16-17H,2-4,6,8-10,12,14H2,1H3,(H2,21,24)/t16-/m1/s1. The second-order valence-corrected chi connectivity index (χ2v) is 9.83. The zero-order chi connectivity index (χ0) is 20.3. The van der Waals surface area contributed by atoms with Crippen LogP contribution in [0.3, 0.4) is 0 Å². The summed E-state index contributed by atoms with van der Waals surface area (Å²) in [6, 6.07) is 6.22. The van der Waals surface area contributed by atoms with Crippen LogP contribution in [0.1, 0.15) is 55.3 Å². The summed E-state index contributed by atoms with van der Waals surface area (Å²) in [5.41, 5.74) is 5.71. The van der Waals surface area contributed by atoms with E-state index < -0.39 is 15.9 Å². The van der Waals surface area contributed by atoms with Crippen LogP contribution < -0.4 is 5.73 Å². The SMILES string of the molecule is CN(C1CCCCC1)S(=O)(=O)c1cccc(C(=O)N2CCC[C@@H](C(N)=O)C2)c1. The van der Waals surface area contributed by atoms with Crippen molar-refractivity contribution in [2.24, 2.45) is 11.7 Å². The van der Waals surface area contributed by atoms with Crippen molar-refractivity contribution in [1.82, 2.24) is 9.21 Å². The predicted molar refractivity (Wildman–Crippen MR) is 106 cm³/mol. The number of benzene rings is 1. The topological polar surface area (TPSA) is 101 Å². The van der Waals surface area contributed by atoms with Crippen LogP contribution in [-0.4, -0.2) is 55.6 Å². The zero-order valence-electron chi connectivity index (χ0n) is 16.3. The molecule has 1 aromatic carbocycles. The van der Waals surface area contributed by atoms with Crippen molar-refractivity contribution in [3.63, 3.8) is 0 Å². The molecule has 1 heterocycles. The molecule has 28 heavy (non-hydrogen) atoms. The van der Waals surface area contributed by atoms with Gasteiger partial charge >= 0.3 is 0 Å². The van der Waals surface area contributed by atoms with Crippen molar-refractivity contribution < 1.29 is 18.0 Å².